The third kappa shape index (κ3) is 2.67. The van der Waals surface area contributed by atoms with E-state index in [4.69, 9.17) is 4.74 Å². The van der Waals surface area contributed by atoms with Crippen molar-refractivity contribution in [1.29, 1.82) is 0 Å². The fourth-order valence-electron chi connectivity index (χ4n) is 1.14. The second-order valence-electron chi connectivity index (χ2n) is 3.49. The van der Waals surface area contributed by atoms with Crippen molar-refractivity contribution in [3.05, 3.63) is 0 Å². The van der Waals surface area contributed by atoms with Crippen LogP contribution in [0.1, 0.15) is 26.7 Å². The van der Waals surface area contributed by atoms with E-state index in [1.165, 1.54) is 12.8 Å². The molecule has 0 amide bonds. The Kier molecular flexibility index (Phi) is 2.69. The highest BCUT2D eigenvalue weighted by atomic mass is 16.5. The molecule has 1 heterocycles. The van der Waals surface area contributed by atoms with E-state index in [2.05, 4.69) is 19.2 Å². The molecule has 1 saturated heterocycles. The zero-order valence-electron chi connectivity index (χ0n) is 6.94. The van der Waals surface area contributed by atoms with Crippen LogP contribution in [0.25, 0.3) is 0 Å². The summed E-state index contributed by atoms with van der Waals surface area (Å²) in [6.07, 6.45) is 2.44. The van der Waals surface area contributed by atoms with Crippen molar-refractivity contribution in [3.8, 4) is 0 Å². The first-order valence-electron chi connectivity index (χ1n) is 4.05. The van der Waals surface area contributed by atoms with Crippen LogP contribution in [-0.4, -0.2) is 25.3 Å². The number of nitrogens with one attached hydrogen (secondary N) is 1. The molecular formula is C8H17NO. The van der Waals surface area contributed by atoms with E-state index in [0.717, 1.165) is 19.7 Å². The molecule has 0 saturated carbocycles. The van der Waals surface area contributed by atoms with Crippen molar-refractivity contribution in [2.45, 2.75) is 32.3 Å². The van der Waals surface area contributed by atoms with Crippen LogP contribution in [0.15, 0.2) is 0 Å². The summed E-state index contributed by atoms with van der Waals surface area (Å²) in [5.74, 6) is 0. The molecule has 0 aliphatic carbocycles. The van der Waals surface area contributed by atoms with Crippen LogP contribution in [0.3, 0.4) is 0 Å². The second kappa shape index (κ2) is 3.35. The van der Waals surface area contributed by atoms with Gasteiger partial charge in [0.1, 0.15) is 0 Å². The van der Waals surface area contributed by atoms with Gasteiger partial charge in [0.2, 0.25) is 0 Å². The van der Waals surface area contributed by atoms with Crippen molar-refractivity contribution >= 4 is 0 Å². The Balaban J connectivity index is 2.30. The van der Waals surface area contributed by atoms with Gasteiger partial charge in [-0.2, -0.15) is 0 Å². The summed E-state index contributed by atoms with van der Waals surface area (Å²) in [5.41, 5.74) is 0.0421. The molecule has 0 spiro atoms. The molecule has 0 aromatic heterocycles. The van der Waals surface area contributed by atoms with Crippen LogP contribution in [0, 0.1) is 0 Å². The first-order chi connectivity index (χ1) is 4.71. The second-order valence-corrected chi connectivity index (χ2v) is 3.49. The Bertz CT molecular complexity index is 91.4. The minimum atomic E-state index is 0.0421. The smallest absolute Gasteiger partial charge is 0.0750 e. The first-order valence-corrected chi connectivity index (χ1v) is 4.05. The summed E-state index contributed by atoms with van der Waals surface area (Å²) in [6.45, 7) is 7.31. The number of rotatable bonds is 0. The number of hydrogen-bond acceptors (Lipinski definition) is 2. The molecule has 2 heteroatoms. The van der Waals surface area contributed by atoms with Gasteiger partial charge in [-0.05, 0) is 33.2 Å². The monoisotopic (exact) mass is 143 g/mol. The van der Waals surface area contributed by atoms with Crippen molar-refractivity contribution in [2.24, 2.45) is 0 Å². The lowest BCUT2D eigenvalue weighted by molar-refractivity contribution is -0.0238. The zero-order valence-corrected chi connectivity index (χ0v) is 6.94. The standard InChI is InChI=1S/C8H17NO/c1-8(2)7-9-5-3-4-6-10-8/h9H,3-7H2,1-2H3. The van der Waals surface area contributed by atoms with Crippen molar-refractivity contribution in [3.63, 3.8) is 0 Å². The first kappa shape index (κ1) is 8.02. The molecule has 0 aromatic rings. The molecular weight excluding hydrogens is 126 g/mol. The molecule has 1 aliphatic heterocycles. The van der Waals surface area contributed by atoms with Gasteiger partial charge in [-0.3, -0.25) is 0 Å². The Morgan fingerprint density at radius 3 is 2.90 bits per heavy atom. The quantitative estimate of drug-likeness (QED) is 0.549. The highest BCUT2D eigenvalue weighted by Crippen LogP contribution is 2.10. The molecule has 1 N–H and O–H groups in total. The maximum Gasteiger partial charge on any atom is 0.0750 e. The van der Waals surface area contributed by atoms with Crippen LogP contribution in [0.5, 0.6) is 0 Å². The lowest BCUT2D eigenvalue weighted by Gasteiger charge is -2.27. The lowest BCUT2D eigenvalue weighted by Crippen LogP contribution is -2.40. The predicted molar refractivity (Wildman–Crippen MR) is 42.1 cm³/mol. The van der Waals surface area contributed by atoms with Crippen LogP contribution >= 0.6 is 0 Å². The summed E-state index contributed by atoms with van der Waals surface area (Å²) in [5, 5.41) is 3.35. The van der Waals surface area contributed by atoms with Crippen LogP contribution < -0.4 is 5.32 Å². The van der Waals surface area contributed by atoms with Gasteiger partial charge in [0, 0.05) is 13.2 Å². The number of hydrogen-bond donors (Lipinski definition) is 1. The third-order valence-electron chi connectivity index (χ3n) is 1.79. The average molecular weight is 143 g/mol. The fourth-order valence-corrected chi connectivity index (χ4v) is 1.14. The van der Waals surface area contributed by atoms with Crippen LogP contribution in [0.4, 0.5) is 0 Å². The van der Waals surface area contributed by atoms with Gasteiger partial charge in [0.05, 0.1) is 5.60 Å². The summed E-state index contributed by atoms with van der Waals surface area (Å²) >= 11 is 0. The SMILES string of the molecule is CC1(C)CNCCCCO1. The minimum Gasteiger partial charge on any atom is -0.374 e. The van der Waals surface area contributed by atoms with Gasteiger partial charge >= 0.3 is 0 Å². The third-order valence-corrected chi connectivity index (χ3v) is 1.79. The van der Waals surface area contributed by atoms with Crippen molar-refractivity contribution in [1.82, 2.24) is 5.32 Å². The Hall–Kier alpha value is -0.0800. The van der Waals surface area contributed by atoms with Gasteiger partial charge in [-0.1, -0.05) is 0 Å². The van der Waals surface area contributed by atoms with Crippen LogP contribution in [0.2, 0.25) is 0 Å². The van der Waals surface area contributed by atoms with Gasteiger partial charge < -0.3 is 10.1 Å². The molecule has 1 fully saturated rings. The zero-order chi connectivity index (χ0) is 7.45. The summed E-state index contributed by atoms with van der Waals surface area (Å²) < 4.78 is 5.61. The minimum absolute atomic E-state index is 0.0421. The fraction of sp³-hybridized carbons (Fsp3) is 1.00. The normalized spacial score (nSPS) is 27.0. The Morgan fingerprint density at radius 2 is 2.10 bits per heavy atom. The summed E-state index contributed by atoms with van der Waals surface area (Å²) in [4.78, 5) is 0. The van der Waals surface area contributed by atoms with Crippen molar-refractivity contribution in [2.75, 3.05) is 19.7 Å². The van der Waals surface area contributed by atoms with E-state index in [9.17, 15) is 0 Å². The summed E-state index contributed by atoms with van der Waals surface area (Å²) in [7, 11) is 0. The molecule has 0 unspecified atom stereocenters. The topological polar surface area (TPSA) is 21.3 Å². The van der Waals surface area contributed by atoms with E-state index < -0.39 is 0 Å². The molecule has 2 nitrogen and oxygen atoms in total. The maximum atomic E-state index is 5.61. The van der Waals surface area contributed by atoms with E-state index in [1.807, 2.05) is 0 Å². The highest BCUT2D eigenvalue weighted by molar-refractivity contribution is 4.73. The van der Waals surface area contributed by atoms with E-state index in [1.54, 1.807) is 0 Å². The van der Waals surface area contributed by atoms with Gasteiger partial charge in [-0.25, -0.2) is 0 Å². The highest BCUT2D eigenvalue weighted by Gasteiger charge is 2.18. The van der Waals surface area contributed by atoms with Gasteiger partial charge in [0.25, 0.3) is 0 Å². The molecule has 0 aromatic carbocycles. The van der Waals surface area contributed by atoms with Crippen LogP contribution in [-0.2, 0) is 4.74 Å². The molecule has 60 valence electrons. The summed E-state index contributed by atoms with van der Waals surface area (Å²) in [6, 6.07) is 0. The van der Waals surface area contributed by atoms with Gasteiger partial charge in [0.15, 0.2) is 0 Å². The van der Waals surface area contributed by atoms with E-state index in [0.29, 0.717) is 0 Å². The molecule has 0 radical (unpaired) electrons. The van der Waals surface area contributed by atoms with E-state index >= 15 is 0 Å². The van der Waals surface area contributed by atoms with E-state index in [-0.39, 0.29) is 5.60 Å². The molecule has 0 bridgehead atoms. The van der Waals surface area contributed by atoms with Gasteiger partial charge in [-0.15, -0.1) is 0 Å². The van der Waals surface area contributed by atoms with Crippen molar-refractivity contribution < 1.29 is 4.74 Å². The molecule has 1 rings (SSSR count). The molecule has 1 aliphatic rings. The Labute approximate surface area is 63.0 Å². The molecule has 0 atom stereocenters. The maximum absolute atomic E-state index is 5.61. The lowest BCUT2D eigenvalue weighted by atomic mass is 10.1. The Morgan fingerprint density at radius 1 is 1.30 bits per heavy atom. The largest absolute Gasteiger partial charge is 0.374 e. The number of ether oxygens (including phenoxy) is 1. The predicted octanol–water partition coefficient (Wildman–Crippen LogP) is 1.17. The molecule has 10 heavy (non-hydrogen) atoms. The average Bonchev–Trinajstić information content (AvgIpc) is 1.81.